The van der Waals surface area contributed by atoms with Gasteiger partial charge in [0.1, 0.15) is 12.1 Å². The molecule has 0 spiro atoms. The molecule has 268 valence electrons. The van der Waals surface area contributed by atoms with Gasteiger partial charge in [-0.3, -0.25) is 14.9 Å². The molecule has 0 fully saturated rings. The van der Waals surface area contributed by atoms with E-state index in [-0.39, 0.29) is 31.8 Å². The van der Waals surface area contributed by atoms with Crippen molar-refractivity contribution >= 4 is 17.8 Å². The summed E-state index contributed by atoms with van der Waals surface area (Å²) in [5, 5.41) is 5.99. The van der Waals surface area contributed by atoms with Crippen LogP contribution in [0.25, 0.3) is 0 Å². The van der Waals surface area contributed by atoms with Gasteiger partial charge in [-0.1, -0.05) is 152 Å². The minimum absolute atomic E-state index is 0.0205. The molecule has 0 aliphatic carbocycles. The number of Topliss-reactive ketones (excluding diaryl/α,β-unsaturated/α-hetero) is 1. The van der Waals surface area contributed by atoms with E-state index in [4.69, 9.17) is 14.5 Å². The molecule has 0 radical (unpaired) electrons. The molecule has 1 aromatic heterocycles. The second-order valence-electron chi connectivity index (χ2n) is 12.6. The van der Waals surface area contributed by atoms with Gasteiger partial charge < -0.3 is 19.4 Å². The van der Waals surface area contributed by atoms with Crippen LogP contribution in [0, 0.1) is 0 Å². The van der Waals surface area contributed by atoms with Gasteiger partial charge >= 0.3 is 12.1 Å². The molecule has 2 atom stereocenters. The van der Waals surface area contributed by atoms with Crippen molar-refractivity contribution < 1.29 is 23.9 Å². The molecule has 1 amide bonds. The van der Waals surface area contributed by atoms with Gasteiger partial charge in [0, 0.05) is 25.1 Å². The molecular weight excluding hydrogens is 665 g/mol. The van der Waals surface area contributed by atoms with Crippen LogP contribution >= 0.6 is 0 Å². The third-order valence-electron chi connectivity index (χ3n) is 9.23. The summed E-state index contributed by atoms with van der Waals surface area (Å²) in [6.45, 7) is -0.0468. The van der Waals surface area contributed by atoms with Crippen LogP contribution in [0.3, 0.4) is 0 Å². The number of carbonyl (C=O) groups excluding carboxylic acids is 3. The third-order valence-corrected chi connectivity index (χ3v) is 9.23. The predicted octanol–water partition coefficient (Wildman–Crippen LogP) is 7.02. The molecule has 0 aliphatic rings. The van der Waals surface area contributed by atoms with E-state index in [1.165, 1.54) is 7.11 Å². The Morgan fingerprint density at radius 2 is 1.23 bits per heavy atom. The Hall–Kier alpha value is -6.32. The van der Waals surface area contributed by atoms with Crippen LogP contribution in [0.2, 0.25) is 0 Å². The lowest BCUT2D eigenvalue weighted by atomic mass is 9.77. The highest BCUT2D eigenvalue weighted by molar-refractivity contribution is 5.88. The summed E-state index contributed by atoms with van der Waals surface area (Å²) in [6, 6.07) is 47.9. The molecule has 9 heteroatoms. The topological polar surface area (TPSA) is 112 Å². The summed E-state index contributed by atoms with van der Waals surface area (Å²) in [7, 11) is 1.31. The molecule has 0 unspecified atom stereocenters. The van der Waals surface area contributed by atoms with E-state index >= 15 is 0 Å². The van der Waals surface area contributed by atoms with Crippen LogP contribution in [0.4, 0.5) is 4.79 Å². The number of nitrogens with zero attached hydrogens (tertiary/aromatic N) is 2. The zero-order valence-electron chi connectivity index (χ0n) is 29.5. The number of amides is 1. The van der Waals surface area contributed by atoms with Gasteiger partial charge in [0.2, 0.25) is 0 Å². The second kappa shape index (κ2) is 17.7. The minimum Gasteiger partial charge on any atom is -0.468 e. The van der Waals surface area contributed by atoms with Gasteiger partial charge in [-0.2, -0.15) is 0 Å². The highest BCUT2D eigenvalue weighted by Gasteiger charge is 2.38. The van der Waals surface area contributed by atoms with E-state index in [0.717, 1.165) is 27.8 Å². The number of hydrogen-bond donors (Lipinski definition) is 2. The molecule has 5 aromatic carbocycles. The standard InChI is InChI=1S/C44H42N4O5/c1-52-42(50)29-45-39(34-19-9-3-10-20-34)28-41(49)40(47-43(51)53-31-33-17-7-2-8-18-33)27-38-30-48(32-46-38)44(35-21-11-4-12-22-35,36-23-13-5-14-24-36)37-25-15-6-16-26-37/h2-26,30,32,39-40,45H,27-29,31H2,1H3,(H,47,51)/t39-,40-/m0/s1. The second-order valence-corrected chi connectivity index (χ2v) is 12.6. The van der Waals surface area contributed by atoms with Crippen LogP contribution in [0.5, 0.6) is 0 Å². The fourth-order valence-electron chi connectivity index (χ4n) is 6.61. The van der Waals surface area contributed by atoms with E-state index in [0.29, 0.717) is 5.69 Å². The number of benzene rings is 5. The molecule has 0 saturated carbocycles. The van der Waals surface area contributed by atoms with E-state index in [1.54, 1.807) is 6.33 Å². The Labute approximate surface area is 309 Å². The number of methoxy groups -OCH3 is 1. The van der Waals surface area contributed by atoms with Crippen LogP contribution in [-0.4, -0.2) is 47.1 Å². The minimum atomic E-state index is -0.993. The maximum atomic E-state index is 14.3. The third kappa shape index (κ3) is 8.95. The number of hydrogen-bond acceptors (Lipinski definition) is 7. The lowest BCUT2D eigenvalue weighted by Gasteiger charge is -2.37. The summed E-state index contributed by atoms with van der Waals surface area (Å²) >= 11 is 0. The number of alkyl carbamates (subject to hydrolysis) is 1. The van der Waals surface area contributed by atoms with Gasteiger partial charge in [-0.15, -0.1) is 0 Å². The smallest absolute Gasteiger partial charge is 0.408 e. The van der Waals surface area contributed by atoms with Crippen LogP contribution < -0.4 is 10.6 Å². The molecule has 0 aliphatic heterocycles. The number of carbonyl (C=O) groups is 3. The first-order chi connectivity index (χ1) is 26.0. The lowest BCUT2D eigenvalue weighted by molar-refractivity contribution is -0.139. The van der Waals surface area contributed by atoms with Crippen molar-refractivity contribution in [1.29, 1.82) is 0 Å². The van der Waals surface area contributed by atoms with Crippen LogP contribution in [-0.2, 0) is 37.6 Å². The maximum absolute atomic E-state index is 14.3. The van der Waals surface area contributed by atoms with E-state index < -0.39 is 29.7 Å². The molecule has 53 heavy (non-hydrogen) atoms. The normalized spacial score (nSPS) is 12.3. The SMILES string of the molecule is COC(=O)CN[C@@H](CC(=O)[C@H](Cc1cn(C(c2ccccc2)(c2ccccc2)c2ccccc2)cn1)NC(=O)OCc1ccccc1)c1ccccc1. The first-order valence-electron chi connectivity index (χ1n) is 17.5. The fraction of sp³-hybridized carbons (Fsp3) is 0.182. The van der Waals surface area contributed by atoms with Crippen molar-refractivity contribution in [1.82, 2.24) is 20.2 Å². The highest BCUT2D eigenvalue weighted by Crippen LogP contribution is 2.40. The summed E-state index contributed by atoms with van der Waals surface area (Å²) in [4.78, 5) is 44.4. The molecule has 0 bridgehead atoms. The Kier molecular flexibility index (Phi) is 12.2. The van der Waals surface area contributed by atoms with Gasteiger partial charge in [0.25, 0.3) is 0 Å². The summed E-state index contributed by atoms with van der Waals surface area (Å²) in [5.74, 6) is -0.718. The van der Waals surface area contributed by atoms with E-state index in [9.17, 15) is 14.4 Å². The number of ketones is 1. The van der Waals surface area contributed by atoms with Crippen molar-refractivity contribution in [3.63, 3.8) is 0 Å². The fourth-order valence-corrected chi connectivity index (χ4v) is 6.61. The van der Waals surface area contributed by atoms with Crippen LogP contribution in [0.1, 0.15) is 46.0 Å². The summed E-state index contributed by atoms with van der Waals surface area (Å²) < 4.78 is 12.5. The number of rotatable bonds is 16. The molecule has 1 heterocycles. The number of aromatic nitrogens is 2. The molecule has 6 aromatic rings. The van der Waals surface area contributed by atoms with Gasteiger partial charge in [0.05, 0.1) is 31.7 Å². The largest absolute Gasteiger partial charge is 0.468 e. The zero-order chi connectivity index (χ0) is 36.9. The average Bonchev–Trinajstić information content (AvgIpc) is 3.69. The Bertz CT molecular complexity index is 1960. The van der Waals surface area contributed by atoms with E-state index in [2.05, 4.69) is 51.6 Å². The predicted molar refractivity (Wildman–Crippen MR) is 203 cm³/mol. The van der Waals surface area contributed by atoms with Gasteiger partial charge in [-0.05, 0) is 27.8 Å². The quantitative estimate of drug-likeness (QED) is 0.0822. The van der Waals surface area contributed by atoms with Gasteiger partial charge in [0.15, 0.2) is 5.78 Å². The number of esters is 1. The number of ether oxygens (including phenoxy) is 2. The number of imidazole rings is 1. The Morgan fingerprint density at radius 3 is 1.75 bits per heavy atom. The van der Waals surface area contributed by atoms with Crippen molar-refractivity contribution in [2.45, 2.75) is 37.1 Å². The van der Waals surface area contributed by atoms with Gasteiger partial charge in [-0.25, -0.2) is 9.78 Å². The highest BCUT2D eigenvalue weighted by atomic mass is 16.5. The Balaban J connectivity index is 1.34. The Morgan fingerprint density at radius 1 is 0.717 bits per heavy atom. The molecule has 0 saturated heterocycles. The van der Waals surface area contributed by atoms with Crippen LogP contribution in [0.15, 0.2) is 164 Å². The molecule has 2 N–H and O–H groups in total. The molecule has 6 rings (SSSR count). The zero-order valence-corrected chi connectivity index (χ0v) is 29.5. The first kappa shape index (κ1) is 36.5. The summed E-state index contributed by atoms with van der Waals surface area (Å²) in [6.07, 6.45) is 3.07. The summed E-state index contributed by atoms with van der Waals surface area (Å²) in [5.41, 5.74) is 4.51. The van der Waals surface area contributed by atoms with E-state index in [1.807, 2.05) is 121 Å². The van der Waals surface area contributed by atoms with Crippen molar-refractivity contribution in [3.8, 4) is 0 Å². The maximum Gasteiger partial charge on any atom is 0.408 e. The molecular formula is C44H42N4O5. The monoisotopic (exact) mass is 706 g/mol. The average molecular weight is 707 g/mol. The van der Waals surface area contributed by atoms with Crippen molar-refractivity contribution in [3.05, 3.63) is 198 Å². The first-order valence-corrected chi connectivity index (χ1v) is 17.5. The van der Waals surface area contributed by atoms with Crippen molar-refractivity contribution in [2.75, 3.05) is 13.7 Å². The van der Waals surface area contributed by atoms with Crippen molar-refractivity contribution in [2.24, 2.45) is 0 Å². The number of nitrogens with one attached hydrogen (secondary N) is 2. The molecule has 9 nitrogen and oxygen atoms in total. The lowest BCUT2D eigenvalue weighted by Crippen LogP contribution is -2.44.